The summed E-state index contributed by atoms with van der Waals surface area (Å²) in [5.74, 6) is -0.144. The van der Waals surface area contributed by atoms with E-state index in [1.807, 2.05) is 6.07 Å². The number of carbonyl (C=O) groups excluding carboxylic acids is 2. The Morgan fingerprint density at radius 2 is 2.33 bits per heavy atom. The number of anilines is 1. The molecule has 1 aromatic carbocycles. The van der Waals surface area contributed by atoms with E-state index in [0.717, 1.165) is 10.5 Å². The van der Waals surface area contributed by atoms with Crippen molar-refractivity contribution < 1.29 is 14.3 Å². The van der Waals surface area contributed by atoms with Gasteiger partial charge in [-0.2, -0.15) is 0 Å². The summed E-state index contributed by atoms with van der Waals surface area (Å²) in [4.78, 5) is 24.9. The van der Waals surface area contributed by atoms with Crippen LogP contribution in [0.15, 0.2) is 18.2 Å². The van der Waals surface area contributed by atoms with Crippen molar-refractivity contribution in [1.29, 1.82) is 0 Å². The van der Waals surface area contributed by atoms with Gasteiger partial charge in [0.05, 0.1) is 12.2 Å². The first-order valence-corrected chi connectivity index (χ1v) is 5.63. The normalized spacial score (nSPS) is 14.1. The molecule has 96 valence electrons. The van der Waals surface area contributed by atoms with Crippen LogP contribution in [0.5, 0.6) is 5.75 Å². The Labute approximate surface area is 105 Å². The number of ether oxygens (including phenoxy) is 1. The van der Waals surface area contributed by atoms with Gasteiger partial charge < -0.3 is 15.8 Å². The zero-order valence-electron chi connectivity index (χ0n) is 10.1. The summed E-state index contributed by atoms with van der Waals surface area (Å²) in [5.41, 5.74) is 6.87. The van der Waals surface area contributed by atoms with E-state index in [0.29, 0.717) is 18.0 Å². The Hall–Kier alpha value is -1.92. The Balaban J connectivity index is 2.42. The van der Waals surface area contributed by atoms with Crippen molar-refractivity contribution in [3.05, 3.63) is 23.8 Å². The van der Waals surface area contributed by atoms with Crippen LogP contribution in [0, 0.1) is 0 Å². The number of benzene rings is 1. The highest BCUT2D eigenvalue weighted by Gasteiger charge is 2.30. The van der Waals surface area contributed by atoms with E-state index in [4.69, 9.17) is 10.5 Å². The number of amides is 2. The summed E-state index contributed by atoms with van der Waals surface area (Å²) in [6.07, 6.45) is 0. The van der Waals surface area contributed by atoms with Crippen LogP contribution in [0.2, 0.25) is 0 Å². The first kappa shape index (κ1) is 12.5. The summed E-state index contributed by atoms with van der Waals surface area (Å²) >= 11 is 0. The molecule has 0 spiro atoms. The molecule has 0 atom stereocenters. The number of hydrogen-bond acceptors (Lipinski definition) is 5. The molecule has 3 N–H and O–H groups in total. The van der Waals surface area contributed by atoms with Crippen LogP contribution in [-0.2, 0) is 16.1 Å². The molecule has 2 rings (SSSR count). The number of nitrogens with two attached hydrogens (primary N) is 1. The van der Waals surface area contributed by atoms with Crippen LogP contribution in [0.3, 0.4) is 0 Å². The molecular weight excluding hydrogens is 234 g/mol. The van der Waals surface area contributed by atoms with E-state index < -0.39 is 0 Å². The van der Waals surface area contributed by atoms with Crippen LogP contribution >= 0.6 is 0 Å². The van der Waals surface area contributed by atoms with Crippen molar-refractivity contribution in [2.24, 2.45) is 5.73 Å². The number of imide groups is 1. The molecule has 1 heterocycles. The standard InChI is InChI=1S/C12H15N3O3/c1-14-6-11(16)15-9-4-8(5-13)2-3-10(9)18-7-12(15)17/h2-4,14H,5-7,13H2,1H3. The summed E-state index contributed by atoms with van der Waals surface area (Å²) in [6.45, 7) is 0.317. The highest BCUT2D eigenvalue weighted by Crippen LogP contribution is 2.32. The van der Waals surface area contributed by atoms with E-state index in [-0.39, 0.29) is 25.0 Å². The summed E-state index contributed by atoms with van der Waals surface area (Å²) in [6, 6.07) is 5.25. The van der Waals surface area contributed by atoms with E-state index in [2.05, 4.69) is 5.32 Å². The SMILES string of the molecule is CNCC(=O)N1C(=O)COc2ccc(CN)cc21. The lowest BCUT2D eigenvalue weighted by Crippen LogP contribution is -2.46. The monoisotopic (exact) mass is 249 g/mol. The third-order valence-corrected chi connectivity index (χ3v) is 2.68. The fourth-order valence-electron chi connectivity index (χ4n) is 1.83. The predicted octanol–water partition coefficient (Wildman–Crippen LogP) is -0.383. The molecule has 0 fully saturated rings. The molecule has 0 aliphatic carbocycles. The number of hydrogen-bond donors (Lipinski definition) is 2. The largest absolute Gasteiger partial charge is 0.482 e. The van der Waals surface area contributed by atoms with Crippen LogP contribution in [0.25, 0.3) is 0 Å². The smallest absolute Gasteiger partial charge is 0.271 e. The number of rotatable bonds is 3. The van der Waals surface area contributed by atoms with E-state index in [1.54, 1.807) is 19.2 Å². The molecule has 18 heavy (non-hydrogen) atoms. The highest BCUT2D eigenvalue weighted by molar-refractivity contribution is 6.17. The maximum atomic E-state index is 11.9. The van der Waals surface area contributed by atoms with Gasteiger partial charge in [-0.15, -0.1) is 0 Å². The molecule has 0 radical (unpaired) electrons. The third kappa shape index (κ3) is 2.20. The van der Waals surface area contributed by atoms with Gasteiger partial charge in [-0.25, -0.2) is 4.90 Å². The van der Waals surface area contributed by atoms with Crippen LogP contribution in [0.4, 0.5) is 5.69 Å². The van der Waals surface area contributed by atoms with Gasteiger partial charge in [0, 0.05) is 6.54 Å². The summed E-state index contributed by atoms with van der Waals surface area (Å²) in [7, 11) is 1.65. The zero-order chi connectivity index (χ0) is 13.1. The number of fused-ring (bicyclic) bond motifs is 1. The van der Waals surface area contributed by atoms with E-state index in [9.17, 15) is 9.59 Å². The minimum atomic E-state index is -0.364. The van der Waals surface area contributed by atoms with Crippen molar-refractivity contribution in [1.82, 2.24) is 5.32 Å². The van der Waals surface area contributed by atoms with Gasteiger partial charge in [0.15, 0.2) is 6.61 Å². The molecule has 6 heteroatoms. The lowest BCUT2D eigenvalue weighted by atomic mass is 10.1. The van der Waals surface area contributed by atoms with Gasteiger partial charge in [-0.1, -0.05) is 6.07 Å². The fourth-order valence-corrected chi connectivity index (χ4v) is 1.83. The second kappa shape index (κ2) is 5.16. The average Bonchev–Trinajstić information content (AvgIpc) is 2.38. The fraction of sp³-hybridized carbons (Fsp3) is 0.333. The molecule has 0 saturated carbocycles. The van der Waals surface area contributed by atoms with Gasteiger partial charge in [-0.3, -0.25) is 9.59 Å². The molecule has 0 saturated heterocycles. The molecule has 2 amide bonds. The average molecular weight is 249 g/mol. The Morgan fingerprint density at radius 1 is 1.56 bits per heavy atom. The molecular formula is C12H15N3O3. The molecule has 0 aromatic heterocycles. The van der Waals surface area contributed by atoms with Crippen LogP contribution < -0.4 is 20.7 Å². The van der Waals surface area contributed by atoms with E-state index >= 15 is 0 Å². The lowest BCUT2D eigenvalue weighted by Gasteiger charge is -2.28. The van der Waals surface area contributed by atoms with E-state index in [1.165, 1.54) is 0 Å². The molecule has 1 aromatic rings. The molecule has 0 bridgehead atoms. The van der Waals surface area contributed by atoms with Gasteiger partial charge in [0.1, 0.15) is 5.75 Å². The molecule has 6 nitrogen and oxygen atoms in total. The van der Waals surface area contributed by atoms with Gasteiger partial charge in [-0.05, 0) is 24.7 Å². The third-order valence-electron chi connectivity index (χ3n) is 2.68. The lowest BCUT2D eigenvalue weighted by molar-refractivity contribution is -0.128. The predicted molar refractivity (Wildman–Crippen MR) is 66.2 cm³/mol. The van der Waals surface area contributed by atoms with Gasteiger partial charge in [0.25, 0.3) is 5.91 Å². The Kier molecular flexibility index (Phi) is 3.59. The molecule has 1 aliphatic heterocycles. The van der Waals surface area contributed by atoms with Gasteiger partial charge in [0.2, 0.25) is 5.91 Å². The highest BCUT2D eigenvalue weighted by atomic mass is 16.5. The molecule has 0 unspecified atom stereocenters. The Bertz CT molecular complexity index is 487. The number of carbonyl (C=O) groups is 2. The first-order valence-electron chi connectivity index (χ1n) is 5.63. The second-order valence-corrected chi connectivity index (χ2v) is 3.95. The molecule has 1 aliphatic rings. The summed E-state index contributed by atoms with van der Waals surface area (Å²) in [5, 5.41) is 2.74. The van der Waals surface area contributed by atoms with Crippen molar-refractivity contribution in [2.75, 3.05) is 25.1 Å². The minimum absolute atomic E-state index is 0.0953. The van der Waals surface area contributed by atoms with Crippen molar-refractivity contribution in [3.63, 3.8) is 0 Å². The van der Waals surface area contributed by atoms with Gasteiger partial charge >= 0.3 is 0 Å². The Morgan fingerprint density at radius 3 is 3.00 bits per heavy atom. The van der Waals surface area contributed by atoms with Crippen molar-refractivity contribution in [2.45, 2.75) is 6.54 Å². The summed E-state index contributed by atoms with van der Waals surface area (Å²) < 4.78 is 5.29. The number of likely N-dealkylation sites (N-methyl/N-ethyl adjacent to an activating group) is 1. The van der Waals surface area contributed by atoms with Crippen molar-refractivity contribution in [3.8, 4) is 5.75 Å². The van der Waals surface area contributed by atoms with Crippen LogP contribution in [-0.4, -0.2) is 32.0 Å². The number of nitrogens with one attached hydrogen (secondary N) is 1. The maximum absolute atomic E-state index is 11.9. The first-order chi connectivity index (χ1) is 8.67. The number of nitrogens with zero attached hydrogens (tertiary/aromatic N) is 1. The minimum Gasteiger partial charge on any atom is -0.482 e. The zero-order valence-corrected chi connectivity index (χ0v) is 10.1. The quantitative estimate of drug-likeness (QED) is 0.762. The van der Waals surface area contributed by atoms with Crippen LogP contribution in [0.1, 0.15) is 5.56 Å². The van der Waals surface area contributed by atoms with Crippen molar-refractivity contribution >= 4 is 17.5 Å². The topological polar surface area (TPSA) is 84.7 Å². The maximum Gasteiger partial charge on any atom is 0.271 e. The second-order valence-electron chi connectivity index (χ2n) is 3.95.